The normalized spacial score (nSPS) is 14.4. The molecular weight excluding hydrogens is 346 g/mol. The maximum atomic E-state index is 12.5. The fourth-order valence-electron chi connectivity index (χ4n) is 2.65. The molecule has 0 aliphatic carbocycles. The Morgan fingerprint density at radius 1 is 1.35 bits per heavy atom. The summed E-state index contributed by atoms with van der Waals surface area (Å²) in [5.74, 6) is -2.45. The highest BCUT2D eigenvalue weighted by Gasteiger charge is 2.23. The third-order valence-electron chi connectivity index (χ3n) is 4.01. The van der Waals surface area contributed by atoms with Crippen molar-refractivity contribution in [2.24, 2.45) is 7.05 Å². The topological polar surface area (TPSA) is 147 Å². The third kappa shape index (κ3) is 3.16. The fraction of sp³-hybridized carbons (Fsp3) is 0.400. The van der Waals surface area contributed by atoms with Gasteiger partial charge in [-0.15, -0.1) is 0 Å². The van der Waals surface area contributed by atoms with E-state index in [-0.39, 0.29) is 11.0 Å². The number of carbonyl (C=O) groups excluding carboxylic acids is 1. The van der Waals surface area contributed by atoms with Crippen molar-refractivity contribution in [3.8, 4) is 5.75 Å². The van der Waals surface area contributed by atoms with E-state index in [2.05, 4.69) is 15.3 Å². The van der Waals surface area contributed by atoms with Gasteiger partial charge in [0.05, 0.1) is 18.6 Å². The molecule has 0 aromatic carbocycles. The summed E-state index contributed by atoms with van der Waals surface area (Å²) in [5, 5.41) is 21.2. The highest BCUT2D eigenvalue weighted by atomic mass is 16.5. The second-order valence-electron chi connectivity index (χ2n) is 5.67. The quantitative estimate of drug-likeness (QED) is 0.602. The second kappa shape index (κ2) is 6.96. The number of rotatable bonds is 4. The number of carbonyl (C=O) groups is 2. The van der Waals surface area contributed by atoms with E-state index in [1.54, 1.807) is 0 Å². The first-order valence-electron chi connectivity index (χ1n) is 7.81. The summed E-state index contributed by atoms with van der Waals surface area (Å²) < 4.78 is 6.40. The maximum Gasteiger partial charge on any atom is 0.322 e. The predicted molar refractivity (Wildman–Crippen MR) is 89.4 cm³/mol. The summed E-state index contributed by atoms with van der Waals surface area (Å²) in [6, 6.07) is 0. The molecule has 0 bridgehead atoms. The van der Waals surface area contributed by atoms with Crippen LogP contribution in [0.1, 0.15) is 10.4 Å². The van der Waals surface area contributed by atoms with E-state index >= 15 is 0 Å². The molecule has 1 saturated heterocycles. The van der Waals surface area contributed by atoms with Crippen LogP contribution in [0.3, 0.4) is 0 Å². The number of nitrogens with one attached hydrogen (secondary N) is 1. The van der Waals surface area contributed by atoms with Crippen LogP contribution >= 0.6 is 0 Å². The number of morpholine rings is 1. The molecule has 1 amide bonds. The van der Waals surface area contributed by atoms with Gasteiger partial charge in [-0.25, -0.2) is 4.98 Å². The zero-order valence-corrected chi connectivity index (χ0v) is 13.9. The van der Waals surface area contributed by atoms with E-state index in [0.717, 1.165) is 4.57 Å². The number of anilines is 1. The Hall–Kier alpha value is -3.21. The first-order valence-corrected chi connectivity index (χ1v) is 7.81. The number of aromatic hydroxyl groups is 1. The van der Waals surface area contributed by atoms with E-state index in [4.69, 9.17) is 9.84 Å². The summed E-state index contributed by atoms with van der Waals surface area (Å²) in [7, 11) is 1.41. The molecule has 0 unspecified atom stereocenters. The molecule has 1 fully saturated rings. The first-order chi connectivity index (χ1) is 12.4. The lowest BCUT2D eigenvalue weighted by atomic mass is 10.1. The molecule has 1 aliphatic heterocycles. The first kappa shape index (κ1) is 17.6. The summed E-state index contributed by atoms with van der Waals surface area (Å²) in [5.41, 5.74) is -1.17. The number of aryl methyl sites for hydroxylation is 1. The number of nitrogens with zero attached hydrogens (tertiary/aromatic N) is 4. The monoisotopic (exact) mass is 363 g/mol. The van der Waals surface area contributed by atoms with Gasteiger partial charge in [0.15, 0.2) is 5.65 Å². The Balaban J connectivity index is 2.06. The average molecular weight is 363 g/mol. The molecule has 0 radical (unpaired) electrons. The molecule has 11 heteroatoms. The van der Waals surface area contributed by atoms with Crippen LogP contribution in [-0.2, 0) is 16.6 Å². The summed E-state index contributed by atoms with van der Waals surface area (Å²) in [4.78, 5) is 45.6. The molecule has 26 heavy (non-hydrogen) atoms. The number of hydrogen-bond donors (Lipinski definition) is 3. The molecule has 0 spiro atoms. The zero-order chi connectivity index (χ0) is 18.8. The van der Waals surface area contributed by atoms with Gasteiger partial charge in [0.25, 0.3) is 11.5 Å². The molecule has 138 valence electrons. The van der Waals surface area contributed by atoms with Crippen molar-refractivity contribution in [3.63, 3.8) is 0 Å². The van der Waals surface area contributed by atoms with Crippen molar-refractivity contribution in [2.75, 3.05) is 37.7 Å². The van der Waals surface area contributed by atoms with Crippen molar-refractivity contribution in [3.05, 3.63) is 22.1 Å². The molecule has 3 heterocycles. The van der Waals surface area contributed by atoms with Gasteiger partial charge in [0.1, 0.15) is 17.9 Å². The molecule has 0 atom stereocenters. The molecule has 3 rings (SSSR count). The van der Waals surface area contributed by atoms with E-state index < -0.39 is 35.3 Å². The molecule has 3 N–H and O–H groups in total. The number of hydrogen-bond acceptors (Lipinski definition) is 8. The Morgan fingerprint density at radius 3 is 2.69 bits per heavy atom. The number of pyridine rings is 1. The molecule has 11 nitrogen and oxygen atoms in total. The molecule has 2 aromatic rings. The van der Waals surface area contributed by atoms with Crippen LogP contribution in [0.2, 0.25) is 0 Å². The number of aliphatic carboxylic acids is 1. The van der Waals surface area contributed by atoms with E-state index in [9.17, 15) is 19.5 Å². The lowest BCUT2D eigenvalue weighted by Gasteiger charge is -2.26. The van der Waals surface area contributed by atoms with Crippen LogP contribution in [0, 0.1) is 0 Å². The van der Waals surface area contributed by atoms with Gasteiger partial charge in [-0.3, -0.25) is 19.0 Å². The lowest BCUT2D eigenvalue weighted by Crippen LogP contribution is -2.38. The van der Waals surface area contributed by atoms with Gasteiger partial charge in [-0.05, 0) is 0 Å². The number of fused-ring (bicyclic) bond motifs is 1. The van der Waals surface area contributed by atoms with Crippen LogP contribution in [-0.4, -0.2) is 69.5 Å². The minimum Gasteiger partial charge on any atom is -0.506 e. The Bertz CT molecular complexity index is 934. The number of aromatic nitrogens is 3. The van der Waals surface area contributed by atoms with Gasteiger partial charge in [0.2, 0.25) is 5.95 Å². The van der Waals surface area contributed by atoms with Crippen LogP contribution in [0.25, 0.3) is 11.0 Å². The smallest absolute Gasteiger partial charge is 0.322 e. The largest absolute Gasteiger partial charge is 0.506 e. The summed E-state index contributed by atoms with van der Waals surface area (Å²) in [6.45, 7) is 1.59. The molecule has 0 saturated carbocycles. The van der Waals surface area contributed by atoms with Gasteiger partial charge >= 0.3 is 5.97 Å². The minimum absolute atomic E-state index is 0.115. The van der Waals surface area contributed by atoms with Gasteiger partial charge in [-0.1, -0.05) is 0 Å². The molecule has 2 aromatic heterocycles. The van der Waals surface area contributed by atoms with Crippen LogP contribution in [0.5, 0.6) is 5.75 Å². The number of ether oxygens (including phenoxy) is 1. The minimum atomic E-state index is -1.27. The van der Waals surface area contributed by atoms with Crippen molar-refractivity contribution in [2.45, 2.75) is 0 Å². The summed E-state index contributed by atoms with van der Waals surface area (Å²) in [6.07, 6.45) is 1.33. The van der Waals surface area contributed by atoms with Gasteiger partial charge in [-0.2, -0.15) is 4.98 Å². The van der Waals surface area contributed by atoms with E-state index in [1.165, 1.54) is 13.2 Å². The Labute approximate surface area is 146 Å². The second-order valence-corrected chi connectivity index (χ2v) is 5.67. The SMILES string of the molecule is Cn1c(=O)c(C(=O)NCC(=O)O)c(O)c2cnc(N3CCOCC3)nc21. The summed E-state index contributed by atoms with van der Waals surface area (Å²) >= 11 is 0. The number of carboxylic acid groups (broad SMARTS) is 1. The molecular formula is C15H17N5O6. The van der Waals surface area contributed by atoms with Crippen molar-refractivity contribution in [1.29, 1.82) is 0 Å². The predicted octanol–water partition coefficient (Wildman–Crippen LogP) is -1.31. The maximum absolute atomic E-state index is 12.5. The zero-order valence-electron chi connectivity index (χ0n) is 13.9. The average Bonchev–Trinajstić information content (AvgIpc) is 2.65. The van der Waals surface area contributed by atoms with Crippen LogP contribution in [0.4, 0.5) is 5.95 Å². The van der Waals surface area contributed by atoms with E-state index in [0.29, 0.717) is 32.3 Å². The number of amides is 1. The van der Waals surface area contributed by atoms with E-state index in [1.807, 2.05) is 4.90 Å². The van der Waals surface area contributed by atoms with Gasteiger partial charge < -0.3 is 25.2 Å². The highest BCUT2D eigenvalue weighted by Crippen LogP contribution is 2.25. The van der Waals surface area contributed by atoms with Crippen molar-refractivity contribution < 1.29 is 24.5 Å². The Morgan fingerprint density at radius 2 is 2.04 bits per heavy atom. The number of carboxylic acids is 1. The van der Waals surface area contributed by atoms with Crippen LogP contribution < -0.4 is 15.8 Å². The standard InChI is InChI=1S/C15H17N5O6/c1-19-12-8(6-17-15(18-12)20-2-4-26-5-3-20)11(23)10(14(19)25)13(24)16-7-9(21)22/h6,23H,2-5,7H2,1H3,(H,16,24)(H,21,22). The molecule has 1 aliphatic rings. The fourth-order valence-corrected chi connectivity index (χ4v) is 2.65. The van der Waals surface area contributed by atoms with Crippen molar-refractivity contribution in [1.82, 2.24) is 19.9 Å². The Kier molecular flexibility index (Phi) is 4.71. The van der Waals surface area contributed by atoms with Crippen LogP contribution in [0.15, 0.2) is 11.0 Å². The lowest BCUT2D eigenvalue weighted by molar-refractivity contribution is -0.135. The van der Waals surface area contributed by atoms with Crippen molar-refractivity contribution >= 4 is 28.9 Å². The third-order valence-corrected chi connectivity index (χ3v) is 4.01. The highest BCUT2D eigenvalue weighted by molar-refractivity contribution is 6.02. The van der Waals surface area contributed by atoms with Gasteiger partial charge in [0, 0.05) is 26.3 Å².